The fraction of sp³-hybridized carbons (Fsp3) is 0.417. The van der Waals surface area contributed by atoms with Crippen molar-refractivity contribution in [2.24, 2.45) is 4.99 Å². The van der Waals surface area contributed by atoms with Crippen LogP contribution in [0.25, 0.3) is 0 Å². The number of nitrogens with one attached hydrogen (secondary N) is 1. The van der Waals surface area contributed by atoms with E-state index in [1.54, 1.807) is 30.9 Å². The number of aliphatic imine (C=N–C) groups is 1. The molecule has 0 heterocycles. The summed E-state index contributed by atoms with van der Waals surface area (Å²) in [6, 6.07) is 4.84. The van der Waals surface area contributed by atoms with Gasteiger partial charge in [-0.25, -0.2) is 4.39 Å². The number of benzene rings is 1. The van der Waals surface area contributed by atoms with Crippen molar-refractivity contribution in [3.05, 3.63) is 29.6 Å². The molecule has 0 fully saturated rings. The molecule has 3 nitrogen and oxygen atoms in total. The van der Waals surface area contributed by atoms with E-state index in [2.05, 4.69) is 10.3 Å². The number of rotatable bonds is 3. The average Bonchev–Trinajstić information content (AvgIpc) is 2.29. The van der Waals surface area contributed by atoms with Crippen LogP contribution in [0.15, 0.2) is 28.1 Å². The third kappa shape index (κ3) is 5.01. The molecule has 0 aliphatic heterocycles. The highest BCUT2D eigenvalue weighted by atomic mass is 127. The lowest BCUT2D eigenvalue weighted by atomic mass is 10.2. The highest BCUT2D eigenvalue weighted by Gasteiger charge is 2.05. The van der Waals surface area contributed by atoms with Gasteiger partial charge in [0.05, 0.1) is 0 Å². The Bertz CT molecular complexity index is 410. The fourth-order valence-electron chi connectivity index (χ4n) is 1.50. The monoisotopic (exact) mass is 383 g/mol. The summed E-state index contributed by atoms with van der Waals surface area (Å²) in [5, 5.41) is 3.18. The number of thioether (sulfide) groups is 1. The zero-order chi connectivity index (χ0) is 12.8. The Morgan fingerprint density at radius 1 is 1.44 bits per heavy atom. The normalized spacial score (nSPS) is 10.8. The van der Waals surface area contributed by atoms with E-state index in [-0.39, 0.29) is 29.8 Å². The van der Waals surface area contributed by atoms with E-state index in [0.29, 0.717) is 6.54 Å². The van der Waals surface area contributed by atoms with Crippen molar-refractivity contribution in [2.45, 2.75) is 11.4 Å². The molecule has 1 rings (SSSR count). The maximum atomic E-state index is 13.2. The molecule has 0 amide bonds. The SMILES string of the molecule is CN=C(NCc1cc(F)ccc1SC)N(C)C.I. The molecule has 0 atom stereocenters. The number of nitrogens with zero attached hydrogens (tertiary/aromatic N) is 2. The molecule has 1 aromatic carbocycles. The molecule has 18 heavy (non-hydrogen) atoms. The summed E-state index contributed by atoms with van der Waals surface area (Å²) in [5.41, 5.74) is 0.945. The highest BCUT2D eigenvalue weighted by molar-refractivity contribution is 14.0. The second kappa shape index (κ2) is 8.58. The predicted molar refractivity (Wildman–Crippen MR) is 87.5 cm³/mol. The van der Waals surface area contributed by atoms with Crippen LogP contribution in [0.1, 0.15) is 5.56 Å². The summed E-state index contributed by atoms with van der Waals surface area (Å²) in [7, 11) is 5.55. The van der Waals surface area contributed by atoms with Gasteiger partial charge < -0.3 is 10.2 Å². The van der Waals surface area contributed by atoms with Crippen LogP contribution in [0.3, 0.4) is 0 Å². The van der Waals surface area contributed by atoms with E-state index in [9.17, 15) is 4.39 Å². The summed E-state index contributed by atoms with van der Waals surface area (Å²) in [5.74, 6) is 0.570. The predicted octanol–water partition coefficient (Wildman–Crippen LogP) is 2.80. The van der Waals surface area contributed by atoms with Crippen LogP contribution in [-0.4, -0.2) is 38.3 Å². The smallest absolute Gasteiger partial charge is 0.193 e. The molecule has 0 aromatic heterocycles. The zero-order valence-corrected chi connectivity index (χ0v) is 14.2. The van der Waals surface area contributed by atoms with Gasteiger partial charge in [0.25, 0.3) is 0 Å². The lowest BCUT2D eigenvalue weighted by Crippen LogP contribution is -2.35. The Labute approximate surface area is 129 Å². The summed E-state index contributed by atoms with van der Waals surface area (Å²) in [6.07, 6.45) is 1.98. The number of guanidine groups is 1. The Hall–Kier alpha value is -0.500. The lowest BCUT2D eigenvalue weighted by molar-refractivity contribution is 0.580. The Balaban J connectivity index is 0.00000289. The molecule has 0 bridgehead atoms. The van der Waals surface area contributed by atoms with E-state index in [1.165, 1.54) is 6.07 Å². The van der Waals surface area contributed by atoms with Gasteiger partial charge >= 0.3 is 0 Å². The Kier molecular flexibility index (Phi) is 8.34. The number of hydrogen-bond donors (Lipinski definition) is 1. The fourth-order valence-corrected chi connectivity index (χ4v) is 2.09. The lowest BCUT2D eigenvalue weighted by Gasteiger charge is -2.17. The summed E-state index contributed by atoms with van der Waals surface area (Å²) < 4.78 is 13.2. The van der Waals surface area contributed by atoms with Gasteiger partial charge in [-0.1, -0.05) is 0 Å². The minimum atomic E-state index is -0.209. The Morgan fingerprint density at radius 3 is 2.61 bits per heavy atom. The summed E-state index contributed by atoms with van der Waals surface area (Å²) in [4.78, 5) is 7.08. The van der Waals surface area contributed by atoms with Crippen molar-refractivity contribution in [1.29, 1.82) is 0 Å². The first-order valence-electron chi connectivity index (χ1n) is 5.29. The second-order valence-electron chi connectivity index (χ2n) is 3.75. The second-order valence-corrected chi connectivity index (χ2v) is 4.60. The van der Waals surface area contributed by atoms with Crippen molar-refractivity contribution in [3.63, 3.8) is 0 Å². The van der Waals surface area contributed by atoms with E-state index >= 15 is 0 Å². The first kappa shape index (κ1) is 17.5. The number of halogens is 2. The third-order valence-corrected chi connectivity index (χ3v) is 3.15. The average molecular weight is 383 g/mol. The quantitative estimate of drug-likeness (QED) is 0.377. The molecule has 1 aromatic rings. The van der Waals surface area contributed by atoms with Crippen molar-refractivity contribution >= 4 is 41.7 Å². The molecule has 0 unspecified atom stereocenters. The maximum absolute atomic E-state index is 13.2. The third-order valence-electron chi connectivity index (χ3n) is 2.31. The van der Waals surface area contributed by atoms with Gasteiger partial charge in [-0.15, -0.1) is 35.7 Å². The van der Waals surface area contributed by atoms with Crippen molar-refractivity contribution in [3.8, 4) is 0 Å². The van der Waals surface area contributed by atoms with Crippen LogP contribution in [0.4, 0.5) is 4.39 Å². The maximum Gasteiger partial charge on any atom is 0.193 e. The first-order valence-corrected chi connectivity index (χ1v) is 6.51. The molecule has 1 N–H and O–H groups in total. The molecule has 0 spiro atoms. The molecule has 0 radical (unpaired) electrons. The Morgan fingerprint density at radius 2 is 2.11 bits per heavy atom. The van der Waals surface area contributed by atoms with Crippen LogP contribution >= 0.6 is 35.7 Å². The highest BCUT2D eigenvalue weighted by Crippen LogP contribution is 2.21. The van der Waals surface area contributed by atoms with Crippen LogP contribution < -0.4 is 5.32 Å². The minimum Gasteiger partial charge on any atom is -0.352 e. The summed E-state index contributed by atoms with van der Waals surface area (Å²) in [6.45, 7) is 0.568. The van der Waals surface area contributed by atoms with E-state index in [1.807, 2.05) is 25.3 Å². The van der Waals surface area contributed by atoms with Gasteiger partial charge in [0, 0.05) is 32.6 Å². The van der Waals surface area contributed by atoms with Gasteiger partial charge in [0.2, 0.25) is 0 Å². The van der Waals surface area contributed by atoms with Crippen molar-refractivity contribution < 1.29 is 4.39 Å². The topological polar surface area (TPSA) is 27.6 Å². The minimum absolute atomic E-state index is 0. The van der Waals surface area contributed by atoms with Crippen LogP contribution in [-0.2, 0) is 6.54 Å². The van der Waals surface area contributed by atoms with Crippen molar-refractivity contribution in [2.75, 3.05) is 27.4 Å². The van der Waals surface area contributed by atoms with Crippen LogP contribution in [0.2, 0.25) is 0 Å². The molecule has 0 aliphatic rings. The summed E-state index contributed by atoms with van der Waals surface area (Å²) >= 11 is 1.61. The van der Waals surface area contributed by atoms with Crippen molar-refractivity contribution in [1.82, 2.24) is 10.2 Å². The molecule has 0 aliphatic carbocycles. The van der Waals surface area contributed by atoms with E-state index in [0.717, 1.165) is 16.4 Å². The van der Waals surface area contributed by atoms with Gasteiger partial charge in [-0.3, -0.25) is 4.99 Å². The van der Waals surface area contributed by atoms with Gasteiger partial charge in [-0.2, -0.15) is 0 Å². The van der Waals surface area contributed by atoms with E-state index in [4.69, 9.17) is 0 Å². The van der Waals surface area contributed by atoms with E-state index < -0.39 is 0 Å². The molecule has 102 valence electrons. The molecule has 6 heteroatoms. The molecular weight excluding hydrogens is 364 g/mol. The van der Waals surface area contributed by atoms with Gasteiger partial charge in [0.15, 0.2) is 5.96 Å². The largest absolute Gasteiger partial charge is 0.352 e. The van der Waals surface area contributed by atoms with Crippen LogP contribution in [0, 0.1) is 5.82 Å². The van der Waals surface area contributed by atoms with Crippen LogP contribution in [0.5, 0.6) is 0 Å². The van der Waals surface area contributed by atoms with Gasteiger partial charge in [0.1, 0.15) is 5.82 Å². The number of hydrogen-bond acceptors (Lipinski definition) is 2. The molecule has 0 saturated carbocycles. The molecular formula is C12H19FIN3S. The zero-order valence-electron chi connectivity index (χ0n) is 11.0. The standard InChI is InChI=1S/C12H18FN3S.HI/c1-14-12(16(2)3)15-8-9-7-10(13)5-6-11(9)17-4;/h5-7H,8H2,1-4H3,(H,14,15);1H. The first-order chi connectivity index (χ1) is 8.08. The van der Waals surface area contributed by atoms with Gasteiger partial charge in [-0.05, 0) is 30.0 Å². The molecule has 0 saturated heterocycles.